The molecule has 4 aromatic rings. The summed E-state index contributed by atoms with van der Waals surface area (Å²) in [6, 6.07) is 39.9. The molecule has 0 aliphatic rings. The number of rotatable bonds is 5. The smallest absolute Gasteiger partial charge is 0.346 e. The highest BCUT2D eigenvalue weighted by Crippen LogP contribution is 2.26. The minimum atomic E-state index is -2.73. The molecule has 0 aliphatic carbocycles. The van der Waals surface area contributed by atoms with E-state index < -0.39 is 8.32 Å². The Morgan fingerprint density at radius 1 is 0.481 bits per heavy atom. The van der Waals surface area contributed by atoms with E-state index in [0.29, 0.717) is 0 Å². The standard InChI is InChI=1S/C24H19BrOSi/c25-23-18-10-11-19-24(23)26-27(20-12-4-1-5-13-20,21-14-6-2-7-15-21)22-16-8-3-9-17-22/h1-19H. The zero-order chi connectivity index (χ0) is 18.5. The van der Waals surface area contributed by atoms with Crippen molar-refractivity contribution in [3.63, 3.8) is 0 Å². The van der Waals surface area contributed by atoms with E-state index in [1.54, 1.807) is 0 Å². The predicted molar refractivity (Wildman–Crippen MR) is 119 cm³/mol. The van der Waals surface area contributed by atoms with E-state index in [1.165, 1.54) is 15.6 Å². The Morgan fingerprint density at radius 2 is 0.852 bits per heavy atom. The molecule has 4 aromatic carbocycles. The molecule has 0 unspecified atom stereocenters. The van der Waals surface area contributed by atoms with Gasteiger partial charge in [-0.15, -0.1) is 0 Å². The van der Waals surface area contributed by atoms with Crippen LogP contribution in [0.3, 0.4) is 0 Å². The maximum Gasteiger partial charge on any atom is 0.346 e. The lowest BCUT2D eigenvalue weighted by molar-refractivity contribution is 0.573. The zero-order valence-corrected chi connectivity index (χ0v) is 17.3. The predicted octanol–water partition coefficient (Wildman–Crippen LogP) is 4.50. The van der Waals surface area contributed by atoms with Gasteiger partial charge in [0.2, 0.25) is 0 Å². The lowest BCUT2D eigenvalue weighted by atomic mass is 10.3. The zero-order valence-electron chi connectivity index (χ0n) is 14.8. The van der Waals surface area contributed by atoms with Gasteiger partial charge in [0.1, 0.15) is 5.75 Å². The van der Waals surface area contributed by atoms with Gasteiger partial charge in [-0.05, 0) is 43.6 Å². The third-order valence-electron chi connectivity index (χ3n) is 4.64. The van der Waals surface area contributed by atoms with E-state index >= 15 is 0 Å². The first-order chi connectivity index (χ1) is 13.3. The molecule has 0 N–H and O–H groups in total. The summed E-state index contributed by atoms with van der Waals surface area (Å²) in [6.07, 6.45) is 0. The maximum absolute atomic E-state index is 6.98. The summed E-state index contributed by atoms with van der Waals surface area (Å²) in [5.41, 5.74) is 0. The van der Waals surface area contributed by atoms with Crippen molar-refractivity contribution in [1.29, 1.82) is 0 Å². The Hall–Kier alpha value is -2.62. The molecule has 0 fully saturated rings. The van der Waals surface area contributed by atoms with Crippen LogP contribution in [-0.4, -0.2) is 8.32 Å². The second kappa shape index (κ2) is 7.95. The van der Waals surface area contributed by atoms with Gasteiger partial charge in [0, 0.05) is 0 Å². The highest BCUT2D eigenvalue weighted by Gasteiger charge is 2.44. The van der Waals surface area contributed by atoms with E-state index in [9.17, 15) is 0 Å². The second-order valence-electron chi connectivity index (χ2n) is 6.31. The molecule has 0 aromatic heterocycles. The summed E-state index contributed by atoms with van der Waals surface area (Å²) in [7, 11) is -2.73. The van der Waals surface area contributed by atoms with Crippen LogP contribution in [0.2, 0.25) is 0 Å². The second-order valence-corrected chi connectivity index (χ2v) is 10.5. The third kappa shape index (κ3) is 3.48. The maximum atomic E-state index is 6.98. The Bertz CT molecular complexity index is 907. The number of benzene rings is 4. The van der Waals surface area contributed by atoms with Crippen LogP contribution in [-0.2, 0) is 0 Å². The fourth-order valence-electron chi connectivity index (χ4n) is 3.39. The van der Waals surface area contributed by atoms with E-state index in [1.807, 2.05) is 24.3 Å². The first-order valence-electron chi connectivity index (χ1n) is 8.91. The van der Waals surface area contributed by atoms with E-state index in [-0.39, 0.29) is 0 Å². The molecule has 0 heterocycles. The molecule has 0 radical (unpaired) electrons. The number of halogens is 1. The third-order valence-corrected chi connectivity index (χ3v) is 9.26. The van der Waals surface area contributed by atoms with Gasteiger partial charge < -0.3 is 4.43 Å². The lowest BCUT2D eigenvalue weighted by Gasteiger charge is -2.33. The van der Waals surface area contributed by atoms with Crippen molar-refractivity contribution < 1.29 is 4.43 Å². The molecule has 1 nitrogen and oxygen atoms in total. The van der Waals surface area contributed by atoms with Crippen molar-refractivity contribution in [3.05, 3.63) is 120 Å². The van der Waals surface area contributed by atoms with Gasteiger partial charge in [-0.3, -0.25) is 0 Å². The first-order valence-corrected chi connectivity index (χ1v) is 11.6. The fourth-order valence-corrected chi connectivity index (χ4v) is 7.75. The molecule has 4 rings (SSSR count). The van der Waals surface area contributed by atoms with Gasteiger partial charge in [-0.25, -0.2) is 0 Å². The van der Waals surface area contributed by atoms with Crippen LogP contribution in [0.15, 0.2) is 120 Å². The molecule has 0 aliphatic heterocycles. The minimum absolute atomic E-state index is 0.862. The summed E-state index contributed by atoms with van der Waals surface area (Å²) in [5.74, 6) is 0.862. The normalized spacial score (nSPS) is 11.1. The molecule has 132 valence electrons. The van der Waals surface area contributed by atoms with Crippen LogP contribution in [0, 0.1) is 0 Å². The van der Waals surface area contributed by atoms with E-state index in [2.05, 4.69) is 107 Å². The van der Waals surface area contributed by atoms with E-state index in [0.717, 1.165) is 10.2 Å². The highest BCUT2D eigenvalue weighted by molar-refractivity contribution is 9.10. The molecule has 0 spiro atoms. The summed E-state index contributed by atoms with van der Waals surface area (Å²) in [4.78, 5) is 0. The monoisotopic (exact) mass is 430 g/mol. The molecule has 0 bridgehead atoms. The van der Waals surface area contributed by atoms with Crippen LogP contribution in [0.5, 0.6) is 5.75 Å². The largest absolute Gasteiger partial charge is 0.529 e. The van der Waals surface area contributed by atoms with Gasteiger partial charge >= 0.3 is 8.32 Å². The Kier molecular flexibility index (Phi) is 5.23. The Balaban J connectivity index is 2.02. The van der Waals surface area contributed by atoms with Gasteiger partial charge in [0.15, 0.2) is 0 Å². The lowest BCUT2D eigenvalue weighted by Crippen LogP contribution is -2.71. The Morgan fingerprint density at radius 3 is 1.26 bits per heavy atom. The first kappa shape index (κ1) is 17.8. The Labute approximate surface area is 169 Å². The summed E-state index contributed by atoms with van der Waals surface area (Å²) >= 11 is 3.66. The van der Waals surface area contributed by atoms with Crippen molar-refractivity contribution in [2.24, 2.45) is 0 Å². The van der Waals surface area contributed by atoms with Gasteiger partial charge in [0.25, 0.3) is 0 Å². The van der Waals surface area contributed by atoms with Crippen LogP contribution < -0.4 is 20.0 Å². The minimum Gasteiger partial charge on any atom is -0.529 e. The number of hydrogen-bond donors (Lipinski definition) is 0. The molecule has 0 saturated heterocycles. The summed E-state index contributed by atoms with van der Waals surface area (Å²) < 4.78 is 7.95. The van der Waals surface area contributed by atoms with E-state index in [4.69, 9.17) is 4.43 Å². The van der Waals surface area contributed by atoms with Crippen molar-refractivity contribution in [1.82, 2.24) is 0 Å². The van der Waals surface area contributed by atoms with Crippen molar-refractivity contribution in [2.75, 3.05) is 0 Å². The summed E-state index contributed by atoms with van der Waals surface area (Å²) in [6.45, 7) is 0. The number of para-hydroxylation sites is 1. The average Bonchev–Trinajstić information content (AvgIpc) is 2.75. The fraction of sp³-hybridized carbons (Fsp3) is 0. The van der Waals surface area contributed by atoms with Crippen LogP contribution >= 0.6 is 15.9 Å². The van der Waals surface area contributed by atoms with Crippen molar-refractivity contribution in [2.45, 2.75) is 0 Å². The van der Waals surface area contributed by atoms with Gasteiger partial charge in [0.05, 0.1) is 4.47 Å². The number of hydrogen-bond acceptors (Lipinski definition) is 1. The topological polar surface area (TPSA) is 9.23 Å². The molecule has 0 atom stereocenters. The highest BCUT2D eigenvalue weighted by atomic mass is 79.9. The van der Waals surface area contributed by atoms with Gasteiger partial charge in [-0.1, -0.05) is 103 Å². The molecule has 27 heavy (non-hydrogen) atoms. The van der Waals surface area contributed by atoms with Crippen LogP contribution in [0.1, 0.15) is 0 Å². The quantitative estimate of drug-likeness (QED) is 0.334. The van der Waals surface area contributed by atoms with Crippen molar-refractivity contribution in [3.8, 4) is 5.75 Å². The SMILES string of the molecule is Brc1ccccc1O[Si](c1ccccc1)(c1ccccc1)c1ccccc1. The van der Waals surface area contributed by atoms with Crippen LogP contribution in [0.25, 0.3) is 0 Å². The molecule has 0 saturated carbocycles. The summed E-state index contributed by atoms with van der Waals surface area (Å²) in [5, 5.41) is 3.66. The molecular weight excluding hydrogens is 412 g/mol. The average molecular weight is 431 g/mol. The van der Waals surface area contributed by atoms with Crippen LogP contribution in [0.4, 0.5) is 0 Å². The molecule has 0 amide bonds. The van der Waals surface area contributed by atoms with Gasteiger partial charge in [-0.2, -0.15) is 0 Å². The van der Waals surface area contributed by atoms with Crippen molar-refractivity contribution >= 4 is 39.8 Å². The molecular formula is C24H19BrOSi. The molecule has 3 heteroatoms.